The fourth-order valence-electron chi connectivity index (χ4n) is 3.59. The van der Waals surface area contributed by atoms with Crippen LogP contribution in [0.2, 0.25) is 0 Å². The zero-order valence-electron chi connectivity index (χ0n) is 16.0. The maximum absolute atomic E-state index is 10.3. The third-order valence-electron chi connectivity index (χ3n) is 5.21. The Bertz CT molecular complexity index is 380. The molecule has 1 fully saturated rings. The first-order chi connectivity index (χ1) is 12.1. The van der Waals surface area contributed by atoms with Gasteiger partial charge in [-0.1, -0.05) is 50.5 Å². The molecule has 4 nitrogen and oxygen atoms in total. The predicted octanol–water partition coefficient (Wildman–Crippen LogP) is 3.60. The summed E-state index contributed by atoms with van der Waals surface area (Å²) in [6.07, 6.45) is 16.1. The van der Waals surface area contributed by atoms with Crippen molar-refractivity contribution in [2.24, 2.45) is 11.8 Å². The Morgan fingerprint density at radius 1 is 1.08 bits per heavy atom. The van der Waals surface area contributed by atoms with Crippen LogP contribution in [0, 0.1) is 11.8 Å². The molecule has 3 N–H and O–H groups in total. The van der Waals surface area contributed by atoms with Crippen LogP contribution >= 0.6 is 0 Å². The van der Waals surface area contributed by atoms with E-state index in [1.54, 1.807) is 7.11 Å². The number of aliphatic hydroxyl groups is 3. The Balaban J connectivity index is 2.53. The van der Waals surface area contributed by atoms with E-state index < -0.39 is 12.2 Å². The first-order valence-corrected chi connectivity index (χ1v) is 9.97. The van der Waals surface area contributed by atoms with Gasteiger partial charge in [0.2, 0.25) is 0 Å². The molecule has 0 aromatic carbocycles. The van der Waals surface area contributed by atoms with Gasteiger partial charge in [-0.05, 0) is 38.0 Å². The molecule has 0 aromatic rings. The molecule has 5 unspecified atom stereocenters. The second-order valence-corrected chi connectivity index (χ2v) is 7.19. The number of allylic oxidation sites excluding steroid dienone is 2. The molecule has 4 heteroatoms. The highest BCUT2D eigenvalue weighted by molar-refractivity contribution is 5.06. The number of hydrogen-bond acceptors (Lipinski definition) is 4. The quantitative estimate of drug-likeness (QED) is 0.349. The molecule has 146 valence electrons. The first-order valence-electron chi connectivity index (χ1n) is 9.97. The average Bonchev–Trinajstić information content (AvgIpc) is 2.87. The highest BCUT2D eigenvalue weighted by atomic mass is 16.5. The Morgan fingerprint density at radius 3 is 2.56 bits per heavy atom. The van der Waals surface area contributed by atoms with E-state index >= 15 is 0 Å². The van der Waals surface area contributed by atoms with E-state index in [1.165, 1.54) is 12.8 Å². The second-order valence-electron chi connectivity index (χ2n) is 7.19. The summed E-state index contributed by atoms with van der Waals surface area (Å²) in [6, 6.07) is 0. The molecule has 0 radical (unpaired) electrons. The van der Waals surface area contributed by atoms with Crippen molar-refractivity contribution in [3.05, 3.63) is 24.3 Å². The summed E-state index contributed by atoms with van der Waals surface area (Å²) in [5, 5.41) is 29.4. The van der Waals surface area contributed by atoms with Crippen LogP contribution < -0.4 is 0 Å². The lowest BCUT2D eigenvalue weighted by atomic mass is 9.89. The van der Waals surface area contributed by atoms with Crippen molar-refractivity contribution in [2.45, 2.75) is 83.0 Å². The molecule has 1 saturated carbocycles. The van der Waals surface area contributed by atoms with Gasteiger partial charge in [0.05, 0.1) is 18.3 Å². The van der Waals surface area contributed by atoms with Gasteiger partial charge in [-0.3, -0.25) is 0 Å². The minimum atomic E-state index is -0.479. The maximum Gasteiger partial charge on any atom is 0.0752 e. The highest BCUT2D eigenvalue weighted by Crippen LogP contribution is 2.36. The number of hydrogen-bond donors (Lipinski definition) is 3. The number of rotatable bonds is 13. The monoisotopic (exact) mass is 354 g/mol. The smallest absolute Gasteiger partial charge is 0.0752 e. The molecule has 0 amide bonds. The van der Waals surface area contributed by atoms with Crippen LogP contribution in [-0.2, 0) is 4.74 Å². The van der Waals surface area contributed by atoms with Crippen LogP contribution in [0.25, 0.3) is 0 Å². The molecule has 25 heavy (non-hydrogen) atoms. The van der Waals surface area contributed by atoms with Crippen molar-refractivity contribution in [1.29, 1.82) is 0 Å². The van der Waals surface area contributed by atoms with Crippen LogP contribution in [0.15, 0.2) is 24.3 Å². The first kappa shape index (κ1) is 22.4. The number of methoxy groups -OCH3 is 1. The summed E-state index contributed by atoms with van der Waals surface area (Å²) in [5.74, 6) is 0.0504. The molecule has 5 atom stereocenters. The van der Waals surface area contributed by atoms with Crippen LogP contribution in [0.4, 0.5) is 0 Å². The third-order valence-corrected chi connectivity index (χ3v) is 5.21. The van der Waals surface area contributed by atoms with E-state index in [1.807, 2.05) is 0 Å². The van der Waals surface area contributed by atoms with Gasteiger partial charge in [0.1, 0.15) is 0 Å². The van der Waals surface area contributed by atoms with E-state index in [4.69, 9.17) is 9.84 Å². The van der Waals surface area contributed by atoms with Crippen molar-refractivity contribution in [2.75, 3.05) is 13.7 Å². The van der Waals surface area contributed by atoms with E-state index in [9.17, 15) is 10.2 Å². The number of aliphatic hydroxyl groups excluding tert-OH is 3. The van der Waals surface area contributed by atoms with Crippen LogP contribution in [0.5, 0.6) is 0 Å². The van der Waals surface area contributed by atoms with E-state index in [0.717, 1.165) is 38.5 Å². The van der Waals surface area contributed by atoms with E-state index in [0.29, 0.717) is 6.42 Å². The summed E-state index contributed by atoms with van der Waals surface area (Å²) >= 11 is 0. The Morgan fingerprint density at radius 2 is 1.88 bits per heavy atom. The van der Waals surface area contributed by atoms with Crippen molar-refractivity contribution in [3.8, 4) is 0 Å². The predicted molar refractivity (Wildman–Crippen MR) is 102 cm³/mol. The van der Waals surface area contributed by atoms with Crippen molar-refractivity contribution < 1.29 is 20.1 Å². The zero-order chi connectivity index (χ0) is 18.5. The molecule has 1 rings (SSSR count). The van der Waals surface area contributed by atoms with Gasteiger partial charge in [0.15, 0.2) is 0 Å². The van der Waals surface area contributed by atoms with E-state index in [-0.39, 0.29) is 24.5 Å². The molecular weight excluding hydrogens is 316 g/mol. The topological polar surface area (TPSA) is 69.9 Å². The van der Waals surface area contributed by atoms with Gasteiger partial charge in [0, 0.05) is 26.1 Å². The summed E-state index contributed by atoms with van der Waals surface area (Å²) in [5.41, 5.74) is 0. The summed E-state index contributed by atoms with van der Waals surface area (Å²) < 4.78 is 5.52. The molecule has 0 aliphatic heterocycles. The largest absolute Gasteiger partial charge is 0.396 e. The average molecular weight is 355 g/mol. The van der Waals surface area contributed by atoms with Gasteiger partial charge in [-0.2, -0.15) is 0 Å². The van der Waals surface area contributed by atoms with Crippen molar-refractivity contribution >= 4 is 0 Å². The molecule has 1 aliphatic carbocycles. The highest BCUT2D eigenvalue weighted by Gasteiger charge is 2.39. The molecule has 1 aliphatic rings. The fraction of sp³-hybridized carbons (Fsp3) is 0.810. The molecular formula is C21H38O4. The Hall–Kier alpha value is -0.680. The molecule has 0 spiro atoms. The lowest BCUT2D eigenvalue weighted by molar-refractivity contribution is 0.120. The van der Waals surface area contributed by atoms with Crippen molar-refractivity contribution in [3.63, 3.8) is 0 Å². The molecule has 0 bridgehead atoms. The summed E-state index contributed by atoms with van der Waals surface area (Å²) in [4.78, 5) is 0. The van der Waals surface area contributed by atoms with Gasteiger partial charge in [-0.25, -0.2) is 0 Å². The van der Waals surface area contributed by atoms with Crippen LogP contribution in [-0.4, -0.2) is 47.3 Å². The second kappa shape index (κ2) is 13.5. The minimum absolute atomic E-state index is 0.0130. The summed E-state index contributed by atoms with van der Waals surface area (Å²) in [6.45, 7) is 2.43. The molecule has 0 heterocycles. The normalized spacial score (nSPS) is 28.4. The van der Waals surface area contributed by atoms with Gasteiger partial charge >= 0.3 is 0 Å². The van der Waals surface area contributed by atoms with Crippen molar-refractivity contribution in [1.82, 2.24) is 0 Å². The van der Waals surface area contributed by atoms with Crippen LogP contribution in [0.3, 0.4) is 0 Å². The van der Waals surface area contributed by atoms with E-state index in [2.05, 4.69) is 31.2 Å². The lowest BCUT2D eigenvalue weighted by Crippen LogP contribution is -2.20. The lowest BCUT2D eigenvalue weighted by Gasteiger charge is -2.20. The Kier molecular flexibility index (Phi) is 12.1. The van der Waals surface area contributed by atoms with Crippen LogP contribution in [0.1, 0.15) is 64.7 Å². The standard InChI is InChI=1S/C21H38O4/c1-3-4-8-11-17(25-2)13-14-19-18(20(23)16-21(19)24)12-9-6-5-7-10-15-22/h6,9,13-14,17-24H,3-5,7-8,10-12,15-16H2,1-2H3. The maximum atomic E-state index is 10.3. The number of unbranched alkanes of at least 4 members (excludes halogenated alkanes) is 4. The van der Waals surface area contributed by atoms with Gasteiger partial charge < -0.3 is 20.1 Å². The summed E-state index contributed by atoms with van der Waals surface area (Å²) in [7, 11) is 1.73. The third kappa shape index (κ3) is 8.50. The minimum Gasteiger partial charge on any atom is -0.396 e. The Labute approximate surface area is 153 Å². The van der Waals surface area contributed by atoms with Gasteiger partial charge in [0.25, 0.3) is 0 Å². The van der Waals surface area contributed by atoms with Gasteiger partial charge in [-0.15, -0.1) is 0 Å². The molecule has 0 saturated heterocycles. The fourth-order valence-corrected chi connectivity index (χ4v) is 3.59. The SMILES string of the molecule is CCCCCC(C=CC1C(O)CC(O)C1CC=CCCCCO)OC. The zero-order valence-corrected chi connectivity index (χ0v) is 16.0. The molecule has 0 aromatic heterocycles. The number of ether oxygens (including phenoxy) is 1.